The van der Waals surface area contributed by atoms with E-state index in [1.54, 1.807) is 6.20 Å². The molecule has 0 aliphatic carbocycles. The van der Waals surface area contributed by atoms with E-state index in [1.807, 2.05) is 18.2 Å². The molecule has 1 heterocycles. The van der Waals surface area contributed by atoms with Crippen LogP contribution in [0.5, 0.6) is 0 Å². The van der Waals surface area contributed by atoms with Gasteiger partial charge in [0.2, 0.25) is 0 Å². The molecule has 0 saturated heterocycles. The predicted molar refractivity (Wildman–Crippen MR) is 59.8 cm³/mol. The predicted octanol–water partition coefficient (Wildman–Crippen LogP) is 3.06. The summed E-state index contributed by atoms with van der Waals surface area (Å²) in [7, 11) is 0. The first-order chi connectivity index (χ1) is 6.58. The highest BCUT2D eigenvalue weighted by atomic mass is 14.7. The van der Waals surface area contributed by atoms with E-state index in [2.05, 4.69) is 37.6 Å². The van der Waals surface area contributed by atoms with Crippen LogP contribution in [0.2, 0.25) is 0 Å². The quantitative estimate of drug-likeness (QED) is 0.616. The molecule has 0 aliphatic rings. The van der Waals surface area contributed by atoms with Crippen molar-refractivity contribution in [2.75, 3.05) is 0 Å². The molecule has 0 atom stereocenters. The first kappa shape index (κ1) is 10.8. The normalized spacial score (nSPS) is 10.5. The second-order valence-corrected chi connectivity index (χ2v) is 4.59. The van der Waals surface area contributed by atoms with Crippen LogP contribution in [0.15, 0.2) is 24.4 Å². The van der Waals surface area contributed by atoms with E-state index in [1.165, 1.54) is 0 Å². The van der Waals surface area contributed by atoms with Crippen molar-refractivity contribution in [1.82, 2.24) is 4.98 Å². The van der Waals surface area contributed by atoms with Crippen LogP contribution in [0, 0.1) is 17.3 Å². The Morgan fingerprint density at radius 1 is 1.21 bits per heavy atom. The van der Waals surface area contributed by atoms with Gasteiger partial charge in [0.1, 0.15) is 0 Å². The molecule has 0 fully saturated rings. The van der Waals surface area contributed by atoms with Crippen molar-refractivity contribution in [3.8, 4) is 11.8 Å². The average Bonchev–Trinajstić information content (AvgIpc) is 2.13. The lowest BCUT2D eigenvalue weighted by Crippen LogP contribution is -2.02. The van der Waals surface area contributed by atoms with Gasteiger partial charge in [-0.15, -0.1) is 5.92 Å². The molecular formula is C13H17N. The molecule has 0 spiro atoms. The van der Waals surface area contributed by atoms with Crippen molar-refractivity contribution < 1.29 is 0 Å². The minimum Gasteiger partial charge on any atom is -0.260 e. The zero-order valence-electron chi connectivity index (χ0n) is 9.17. The van der Waals surface area contributed by atoms with Crippen LogP contribution in [-0.4, -0.2) is 4.98 Å². The first-order valence-corrected chi connectivity index (χ1v) is 4.93. The Kier molecular flexibility index (Phi) is 3.71. The van der Waals surface area contributed by atoms with Gasteiger partial charge in [0.25, 0.3) is 0 Å². The molecule has 0 radical (unpaired) electrons. The van der Waals surface area contributed by atoms with Gasteiger partial charge in [-0.2, -0.15) is 0 Å². The number of nitrogens with zero attached hydrogens (tertiary/aromatic N) is 1. The largest absolute Gasteiger partial charge is 0.260 e. The second kappa shape index (κ2) is 4.81. The van der Waals surface area contributed by atoms with Crippen LogP contribution in [0.1, 0.15) is 32.9 Å². The van der Waals surface area contributed by atoms with Crippen LogP contribution in [0.4, 0.5) is 0 Å². The topological polar surface area (TPSA) is 12.9 Å². The molecule has 74 valence electrons. The molecule has 0 unspecified atom stereocenters. The Hall–Kier alpha value is -1.29. The van der Waals surface area contributed by atoms with E-state index >= 15 is 0 Å². The highest BCUT2D eigenvalue weighted by Gasteiger charge is 2.06. The maximum absolute atomic E-state index is 4.21. The zero-order valence-corrected chi connectivity index (χ0v) is 9.17. The lowest BCUT2D eigenvalue weighted by Gasteiger charge is -2.12. The van der Waals surface area contributed by atoms with Crippen molar-refractivity contribution in [2.24, 2.45) is 5.41 Å². The summed E-state index contributed by atoms with van der Waals surface area (Å²) in [5.41, 5.74) is 1.35. The lowest BCUT2D eigenvalue weighted by atomic mass is 9.93. The minimum atomic E-state index is 0.303. The van der Waals surface area contributed by atoms with Crippen molar-refractivity contribution in [3.63, 3.8) is 0 Å². The van der Waals surface area contributed by atoms with Crippen LogP contribution in [0.25, 0.3) is 0 Å². The summed E-state index contributed by atoms with van der Waals surface area (Å²) in [6.45, 7) is 6.59. The van der Waals surface area contributed by atoms with E-state index < -0.39 is 0 Å². The number of hydrogen-bond donors (Lipinski definition) is 0. The molecule has 0 aromatic carbocycles. The summed E-state index contributed by atoms with van der Waals surface area (Å²) in [6.07, 6.45) is 3.51. The van der Waals surface area contributed by atoms with Crippen molar-refractivity contribution in [2.45, 2.75) is 33.6 Å². The van der Waals surface area contributed by atoms with Gasteiger partial charge in [-0.3, -0.25) is 4.98 Å². The van der Waals surface area contributed by atoms with Gasteiger partial charge in [0.05, 0.1) is 12.1 Å². The van der Waals surface area contributed by atoms with E-state index in [-0.39, 0.29) is 0 Å². The summed E-state index contributed by atoms with van der Waals surface area (Å²) in [5.74, 6) is 6.33. The average molecular weight is 187 g/mol. The maximum atomic E-state index is 4.21. The van der Waals surface area contributed by atoms with Crippen LogP contribution >= 0.6 is 0 Å². The zero-order chi connectivity index (χ0) is 10.4. The fraction of sp³-hybridized carbons (Fsp3) is 0.462. The molecule has 0 bridgehead atoms. The van der Waals surface area contributed by atoms with Gasteiger partial charge in [0.15, 0.2) is 0 Å². The maximum Gasteiger partial charge on any atom is 0.0522 e. The van der Waals surface area contributed by atoms with Crippen molar-refractivity contribution in [1.29, 1.82) is 0 Å². The van der Waals surface area contributed by atoms with Crippen LogP contribution in [-0.2, 0) is 6.42 Å². The molecule has 0 N–H and O–H groups in total. The van der Waals surface area contributed by atoms with E-state index in [0.717, 1.165) is 18.5 Å². The van der Waals surface area contributed by atoms with Gasteiger partial charge >= 0.3 is 0 Å². The molecule has 1 heteroatoms. The summed E-state index contributed by atoms with van der Waals surface area (Å²) in [6, 6.07) is 5.92. The molecule has 14 heavy (non-hydrogen) atoms. The Labute approximate surface area is 86.6 Å². The number of pyridine rings is 1. The number of aromatic nitrogens is 1. The van der Waals surface area contributed by atoms with Gasteiger partial charge < -0.3 is 0 Å². The number of hydrogen-bond acceptors (Lipinski definition) is 1. The Balaban J connectivity index is 2.41. The summed E-state index contributed by atoms with van der Waals surface area (Å²) in [4.78, 5) is 4.21. The van der Waals surface area contributed by atoms with Crippen LogP contribution in [0.3, 0.4) is 0 Å². The minimum absolute atomic E-state index is 0.303. The smallest absolute Gasteiger partial charge is 0.0522 e. The van der Waals surface area contributed by atoms with Gasteiger partial charge in [0, 0.05) is 12.6 Å². The van der Waals surface area contributed by atoms with Crippen molar-refractivity contribution >= 4 is 0 Å². The first-order valence-electron chi connectivity index (χ1n) is 4.93. The van der Waals surface area contributed by atoms with Crippen LogP contribution < -0.4 is 0 Å². The molecule has 0 saturated carbocycles. The SMILES string of the molecule is CC(C)(C)CC#CCc1ccccn1. The third-order valence-electron chi connectivity index (χ3n) is 1.74. The molecule has 1 aromatic heterocycles. The lowest BCUT2D eigenvalue weighted by molar-refractivity contribution is 0.428. The Morgan fingerprint density at radius 3 is 2.57 bits per heavy atom. The standard InChI is InChI=1S/C13H17N/c1-13(2,3)10-6-4-8-12-9-5-7-11-14-12/h5,7,9,11H,8,10H2,1-3H3. The summed E-state index contributed by atoms with van der Waals surface area (Å²) in [5, 5.41) is 0. The Bertz CT molecular complexity index is 322. The highest BCUT2D eigenvalue weighted by Crippen LogP contribution is 2.16. The Morgan fingerprint density at radius 2 is 2.00 bits per heavy atom. The second-order valence-electron chi connectivity index (χ2n) is 4.59. The molecular weight excluding hydrogens is 170 g/mol. The number of rotatable bonds is 1. The molecule has 1 aromatic rings. The van der Waals surface area contributed by atoms with Gasteiger partial charge in [-0.05, 0) is 17.5 Å². The highest BCUT2D eigenvalue weighted by molar-refractivity contribution is 5.13. The third kappa shape index (κ3) is 4.67. The molecule has 0 aliphatic heterocycles. The van der Waals surface area contributed by atoms with Crippen molar-refractivity contribution in [3.05, 3.63) is 30.1 Å². The van der Waals surface area contributed by atoms with E-state index in [9.17, 15) is 0 Å². The summed E-state index contributed by atoms with van der Waals surface area (Å²) < 4.78 is 0. The van der Waals surface area contributed by atoms with Gasteiger partial charge in [-0.25, -0.2) is 0 Å². The van der Waals surface area contributed by atoms with E-state index in [4.69, 9.17) is 0 Å². The fourth-order valence-electron chi connectivity index (χ4n) is 0.983. The van der Waals surface area contributed by atoms with Gasteiger partial charge in [-0.1, -0.05) is 32.8 Å². The fourth-order valence-corrected chi connectivity index (χ4v) is 0.983. The van der Waals surface area contributed by atoms with E-state index in [0.29, 0.717) is 5.41 Å². The summed E-state index contributed by atoms with van der Waals surface area (Å²) >= 11 is 0. The molecule has 1 nitrogen and oxygen atoms in total. The molecule has 0 amide bonds. The third-order valence-corrected chi connectivity index (χ3v) is 1.74. The monoisotopic (exact) mass is 187 g/mol. The molecule has 1 rings (SSSR count).